The lowest BCUT2D eigenvalue weighted by Gasteiger charge is -2.31. The molecule has 6 rings (SSSR count). The molecule has 23 nitrogen and oxygen atoms in total. The van der Waals surface area contributed by atoms with E-state index in [2.05, 4.69) is 26.5 Å². The Morgan fingerprint density at radius 3 is 2.00 bits per heavy atom. The van der Waals surface area contributed by atoms with Crippen molar-refractivity contribution in [2.75, 3.05) is 81.0 Å². The number of carbonyl (C=O) groups is 8. The predicted molar refractivity (Wildman–Crippen MR) is 341 cm³/mol. The van der Waals surface area contributed by atoms with Crippen LogP contribution in [0.2, 0.25) is 0 Å². The Balaban J connectivity index is 0.890. The van der Waals surface area contributed by atoms with Crippen molar-refractivity contribution in [2.45, 2.75) is 162 Å². The molecule has 0 aromatic heterocycles. The zero-order valence-electron chi connectivity index (χ0n) is 51.9. The van der Waals surface area contributed by atoms with Crippen LogP contribution in [0.5, 0.6) is 0 Å². The molecule has 2 saturated heterocycles. The molecule has 0 radical (unpaired) electrons. The maximum absolute atomic E-state index is 13.4. The van der Waals surface area contributed by atoms with Gasteiger partial charge < -0.3 is 35.6 Å². The molecule has 0 aliphatic carbocycles. The fraction of sp³-hybridized carbons (Fsp3) is 0.581. The standard InChI is InChI=1S/C62H87N7O16S4/c1-8-66-48-25-23-43(88(78,79)80)36-45(48)61(3,4)52(66)21-12-9-13-22-53-62(5,6)46-37-44(89(81,82)83)24-26-49(46)67(53)29-16-10-11-18-42(70)19-17-30-68-55(72)39-51(60(68)77)87-40-41(2)58(75)65-47(57(63)74)20-14-15-28-64-54(71)27-31-69-56(73)38-50(59(69)76)86-35-34-85-33-32-84-7/h9,12-13,21-26,36-37,41,47,50-52H,8,10-11,14-20,27-35,38-40H2,1-7H3,(H2,63,74)(H,64,71)(H,65,75)(H,78,79,80)(H,81,82,83)/b13-9+,21-12+,53-22+/t41-,47-,50?,51?,52?/m1/s1. The van der Waals surface area contributed by atoms with Gasteiger partial charge >= 0.3 is 0 Å². The fourth-order valence-electron chi connectivity index (χ4n) is 11.6. The highest BCUT2D eigenvalue weighted by Crippen LogP contribution is 2.49. The van der Waals surface area contributed by atoms with E-state index in [1.165, 1.54) is 52.7 Å². The Hall–Kier alpha value is -5.94. The first kappa shape index (κ1) is 72.1. The Labute approximate surface area is 531 Å². The Morgan fingerprint density at radius 1 is 0.742 bits per heavy atom. The van der Waals surface area contributed by atoms with E-state index >= 15 is 0 Å². The molecule has 0 saturated carbocycles. The molecule has 4 aliphatic rings. The van der Waals surface area contributed by atoms with Crippen molar-refractivity contribution in [1.82, 2.24) is 20.4 Å². The van der Waals surface area contributed by atoms with Crippen LogP contribution < -0.4 is 26.2 Å². The number of imide groups is 2. The minimum Gasteiger partial charge on any atom is -0.382 e. The number of hydrogen-bond acceptors (Lipinski definition) is 18. The summed E-state index contributed by atoms with van der Waals surface area (Å²) in [6.07, 6.45) is 13.6. The number of carbonyl (C=O) groups excluding carboxylic acids is 8. The minimum absolute atomic E-state index is 0.00143. The number of methoxy groups -OCH3 is 1. The third-order valence-corrected chi connectivity index (χ3v) is 21.0. The number of rotatable bonds is 37. The number of allylic oxidation sites excluding steroid dienone is 5. The highest BCUT2D eigenvalue weighted by Gasteiger charge is 2.45. The van der Waals surface area contributed by atoms with Gasteiger partial charge in [-0.15, -0.1) is 23.5 Å². The second-order valence-electron chi connectivity index (χ2n) is 23.7. The highest BCUT2D eigenvalue weighted by molar-refractivity contribution is 8.00. The maximum atomic E-state index is 13.4. The van der Waals surface area contributed by atoms with E-state index in [4.69, 9.17) is 15.2 Å². The fourth-order valence-corrected chi connectivity index (χ4v) is 14.8. The summed E-state index contributed by atoms with van der Waals surface area (Å²) in [6, 6.07) is 8.11. The molecule has 0 spiro atoms. The number of Topliss-reactive ketones (excluding diaryl/α,β-unsaturated/α-hetero) is 1. The number of unbranched alkanes of at least 4 members (excludes halogenated alkanes) is 3. The number of ether oxygens (including phenoxy) is 2. The maximum Gasteiger partial charge on any atom is 0.294 e. The van der Waals surface area contributed by atoms with Gasteiger partial charge in [0.05, 0.1) is 46.2 Å². The summed E-state index contributed by atoms with van der Waals surface area (Å²) in [4.78, 5) is 109. The van der Waals surface area contributed by atoms with Gasteiger partial charge in [-0.3, -0.25) is 57.3 Å². The number of likely N-dealkylation sites (tertiary alicyclic amines) is 2. The van der Waals surface area contributed by atoms with Crippen LogP contribution in [-0.2, 0) is 78.9 Å². The van der Waals surface area contributed by atoms with Crippen LogP contribution in [0, 0.1) is 5.92 Å². The Bertz CT molecular complexity index is 3260. The molecule has 3 unspecified atom stereocenters. The van der Waals surface area contributed by atoms with Gasteiger partial charge in [0, 0.05) is 117 Å². The number of primary amides is 1. The lowest BCUT2D eigenvalue weighted by atomic mass is 9.80. The molecule has 2 aromatic rings. The average molecular weight is 1310 g/mol. The van der Waals surface area contributed by atoms with Crippen molar-refractivity contribution in [3.05, 3.63) is 83.6 Å². The Kier molecular flexibility index (Phi) is 26.2. The number of benzene rings is 2. The number of hydrogen-bond donors (Lipinski definition) is 5. The first-order chi connectivity index (χ1) is 42.0. The second-order valence-corrected chi connectivity index (χ2v) is 29.1. The lowest BCUT2D eigenvalue weighted by molar-refractivity contribution is -0.140. The largest absolute Gasteiger partial charge is 0.382 e. The van der Waals surface area contributed by atoms with Crippen molar-refractivity contribution in [1.29, 1.82) is 0 Å². The number of fused-ring (bicyclic) bond motifs is 2. The van der Waals surface area contributed by atoms with E-state index in [-0.39, 0.29) is 109 Å². The molecule has 0 bridgehead atoms. The predicted octanol–water partition coefficient (Wildman–Crippen LogP) is 6.04. The molecule has 6 N–H and O–H groups in total. The molecular formula is C62H87N7O16S4. The number of likely N-dealkylation sites (N-methyl/N-ethyl adjacent to an activating group) is 1. The lowest BCUT2D eigenvalue weighted by Crippen LogP contribution is -2.46. The molecule has 5 atom stereocenters. The number of nitrogens with zero attached hydrogens (tertiary/aromatic N) is 4. The van der Waals surface area contributed by atoms with Gasteiger partial charge in [-0.1, -0.05) is 65.3 Å². The smallest absolute Gasteiger partial charge is 0.294 e. The first-order valence-electron chi connectivity index (χ1n) is 30.2. The summed E-state index contributed by atoms with van der Waals surface area (Å²) in [6.45, 7) is 14.5. The van der Waals surface area contributed by atoms with E-state index in [0.29, 0.717) is 83.6 Å². The summed E-state index contributed by atoms with van der Waals surface area (Å²) < 4.78 is 78.4. The van der Waals surface area contributed by atoms with Gasteiger partial charge in [0.1, 0.15) is 11.8 Å². The van der Waals surface area contributed by atoms with Gasteiger partial charge in [0.2, 0.25) is 41.4 Å². The highest BCUT2D eigenvalue weighted by atomic mass is 32.2. The summed E-state index contributed by atoms with van der Waals surface area (Å²) in [5.41, 5.74) is 8.55. The van der Waals surface area contributed by atoms with Crippen LogP contribution in [0.4, 0.5) is 11.4 Å². The second kappa shape index (κ2) is 32.4. The number of thioether (sulfide) groups is 2. The molecule has 7 amide bonds. The molecule has 490 valence electrons. The third kappa shape index (κ3) is 19.1. The van der Waals surface area contributed by atoms with Gasteiger partial charge in [0.15, 0.2) is 0 Å². The molecular weight excluding hydrogens is 1230 g/mol. The molecule has 2 fully saturated rings. The number of anilines is 2. The van der Waals surface area contributed by atoms with E-state index < -0.39 is 65.3 Å². The van der Waals surface area contributed by atoms with Crippen LogP contribution in [0.3, 0.4) is 0 Å². The van der Waals surface area contributed by atoms with Crippen molar-refractivity contribution < 1.29 is 73.8 Å². The molecule has 4 aliphatic heterocycles. The van der Waals surface area contributed by atoms with E-state index in [1.54, 1.807) is 26.2 Å². The van der Waals surface area contributed by atoms with Crippen LogP contribution in [0.25, 0.3) is 0 Å². The van der Waals surface area contributed by atoms with Crippen molar-refractivity contribution in [2.24, 2.45) is 11.7 Å². The number of nitrogens with two attached hydrogens (primary N) is 1. The third-order valence-electron chi connectivity index (χ3n) is 16.6. The minimum atomic E-state index is -4.48. The summed E-state index contributed by atoms with van der Waals surface area (Å²) in [5.74, 6) is -2.83. The molecule has 2 aromatic carbocycles. The summed E-state index contributed by atoms with van der Waals surface area (Å²) in [7, 11) is -7.30. The monoisotopic (exact) mass is 1310 g/mol. The zero-order chi connectivity index (χ0) is 65.4. The van der Waals surface area contributed by atoms with E-state index in [0.717, 1.165) is 33.1 Å². The van der Waals surface area contributed by atoms with Crippen molar-refractivity contribution in [3.63, 3.8) is 0 Å². The van der Waals surface area contributed by atoms with Crippen molar-refractivity contribution in [3.8, 4) is 0 Å². The SMILES string of the molecule is CCN1c2ccc(S(=O)(=O)O)cc2C(C)(C)C1/C=C/C=C/C=C1/N(CCCCCC(=O)CCCN2C(=O)CC(SC[C@@H](C)C(=O)N[C@H](CCCCNC(=O)CCN3C(=O)CC(SCCOCCOC)C3=O)C(N)=O)C2=O)c2ccc(S(=O)(=O)O)cc2C1(C)C. The summed E-state index contributed by atoms with van der Waals surface area (Å²) >= 11 is 2.52. The van der Waals surface area contributed by atoms with E-state index in [1.807, 2.05) is 58.9 Å². The van der Waals surface area contributed by atoms with Gasteiger partial charge in [-0.25, -0.2) is 0 Å². The topological polar surface area (TPSA) is 327 Å². The van der Waals surface area contributed by atoms with E-state index in [9.17, 15) is 64.3 Å². The van der Waals surface area contributed by atoms with Crippen LogP contribution in [0.1, 0.15) is 130 Å². The number of amides is 7. The normalized spacial score (nSPS) is 20.1. The molecule has 27 heteroatoms. The van der Waals surface area contributed by atoms with Crippen molar-refractivity contribution >= 4 is 102 Å². The van der Waals surface area contributed by atoms with Crippen LogP contribution in [0.15, 0.2) is 82.3 Å². The van der Waals surface area contributed by atoms with Crippen LogP contribution >= 0.6 is 23.5 Å². The van der Waals surface area contributed by atoms with Gasteiger partial charge in [0.25, 0.3) is 20.2 Å². The van der Waals surface area contributed by atoms with Gasteiger partial charge in [-0.05, 0) is 99.0 Å². The van der Waals surface area contributed by atoms with Gasteiger partial charge in [-0.2, -0.15) is 16.8 Å². The van der Waals surface area contributed by atoms with Crippen LogP contribution in [-0.4, -0.2) is 177 Å². The first-order valence-corrected chi connectivity index (χ1v) is 35.2. The summed E-state index contributed by atoms with van der Waals surface area (Å²) in [5, 5.41) is 4.22. The number of nitrogens with one attached hydrogen (secondary N) is 2. The Morgan fingerprint density at radius 2 is 1.36 bits per heavy atom. The zero-order valence-corrected chi connectivity index (χ0v) is 55.2. The number of ketones is 1. The quantitative estimate of drug-likeness (QED) is 0.0223. The molecule has 89 heavy (non-hydrogen) atoms. The molecule has 4 heterocycles. The average Bonchev–Trinajstić information content (AvgIpc) is 1.72.